The standard InChI is InChI=1S/C19H23INO8/c22-12-5-1-10(7-13(12)23)2-6-16(25)29-15-9-19(27,8-14(24)17(15)20-28)18(26)21-11-3-4-11/h1-2,5-7,11,14-15,17,22-24,27-28H,3-4,8-9H2,(H,21,26)/q-1/b6-2+/t14-,15?,17?,19-/m1/s1. The van der Waals surface area contributed by atoms with Crippen LogP contribution >= 0.6 is 0 Å². The summed E-state index contributed by atoms with van der Waals surface area (Å²) in [5, 5.41) is 42.5. The van der Waals surface area contributed by atoms with E-state index >= 15 is 0 Å². The van der Waals surface area contributed by atoms with E-state index in [9.17, 15) is 33.5 Å². The van der Waals surface area contributed by atoms with Crippen LogP contribution in [0.4, 0.5) is 0 Å². The van der Waals surface area contributed by atoms with Crippen molar-refractivity contribution in [2.75, 3.05) is 0 Å². The van der Waals surface area contributed by atoms with Crippen molar-refractivity contribution in [3.63, 3.8) is 0 Å². The van der Waals surface area contributed by atoms with Gasteiger partial charge < -0.3 is 0 Å². The number of aliphatic hydroxyl groups excluding tert-OH is 1. The first-order chi connectivity index (χ1) is 13.7. The van der Waals surface area contributed by atoms with Gasteiger partial charge in [0.1, 0.15) is 0 Å². The molecule has 0 aliphatic heterocycles. The van der Waals surface area contributed by atoms with Gasteiger partial charge in [0, 0.05) is 0 Å². The molecular weight excluding hydrogens is 497 g/mol. The van der Waals surface area contributed by atoms with Crippen molar-refractivity contribution < 1.29 is 59.8 Å². The monoisotopic (exact) mass is 520 g/mol. The molecule has 29 heavy (non-hydrogen) atoms. The molecule has 1 amide bonds. The number of amides is 1. The number of halogens is 1. The number of phenols is 2. The minimum absolute atomic E-state index is 0.0253. The predicted octanol–water partition coefficient (Wildman–Crippen LogP) is -3.45. The fraction of sp³-hybridized carbons (Fsp3) is 0.474. The van der Waals surface area contributed by atoms with Gasteiger partial charge in [-0.05, 0) is 0 Å². The molecule has 2 aliphatic carbocycles. The molecule has 0 spiro atoms. The number of hydrogen-bond donors (Lipinski definition) is 6. The summed E-state index contributed by atoms with van der Waals surface area (Å²) in [5.74, 6) is -2.03. The molecule has 3 rings (SSSR count). The van der Waals surface area contributed by atoms with Crippen LogP contribution in [0.2, 0.25) is 0 Å². The zero-order chi connectivity index (χ0) is 21.2. The third-order valence-corrected chi connectivity index (χ3v) is 7.21. The van der Waals surface area contributed by atoms with E-state index in [1.165, 1.54) is 24.3 Å². The van der Waals surface area contributed by atoms with E-state index in [1.54, 1.807) is 0 Å². The van der Waals surface area contributed by atoms with Gasteiger partial charge in [-0.1, -0.05) is 0 Å². The summed E-state index contributed by atoms with van der Waals surface area (Å²) in [6.45, 7) is 0. The van der Waals surface area contributed by atoms with E-state index in [0.29, 0.717) is 5.56 Å². The molecule has 2 unspecified atom stereocenters. The van der Waals surface area contributed by atoms with Gasteiger partial charge in [0.05, 0.1) is 0 Å². The van der Waals surface area contributed by atoms with E-state index in [2.05, 4.69) is 5.32 Å². The molecule has 10 heteroatoms. The van der Waals surface area contributed by atoms with Crippen LogP contribution in [-0.4, -0.2) is 63.5 Å². The topological polar surface area (TPSA) is 157 Å². The van der Waals surface area contributed by atoms with Crippen molar-refractivity contribution in [1.82, 2.24) is 5.32 Å². The molecule has 1 aromatic rings. The Hall–Kier alpha value is -1.89. The molecule has 2 aliphatic rings. The Balaban J connectivity index is 1.68. The second kappa shape index (κ2) is 8.86. The number of phenolic OH excluding ortho intramolecular Hbond substituents is 2. The van der Waals surface area contributed by atoms with Crippen molar-refractivity contribution in [2.45, 2.75) is 53.5 Å². The maximum atomic E-state index is 12.4. The molecule has 6 N–H and O–H groups in total. The van der Waals surface area contributed by atoms with Crippen LogP contribution in [0, 0.1) is 0 Å². The number of aromatic hydroxyl groups is 2. The second-order valence-corrected chi connectivity index (χ2v) is 9.35. The van der Waals surface area contributed by atoms with Gasteiger partial charge in [-0.15, -0.1) is 0 Å². The normalized spacial score (nSPS) is 29.7. The second-order valence-electron chi connectivity index (χ2n) is 7.35. The number of benzene rings is 1. The van der Waals surface area contributed by atoms with Crippen LogP contribution < -0.4 is 26.9 Å². The summed E-state index contributed by atoms with van der Waals surface area (Å²) in [7, 11) is 0. The number of carbonyl (C=O) groups is 2. The summed E-state index contributed by atoms with van der Waals surface area (Å²) >= 11 is -1.51. The zero-order valence-electron chi connectivity index (χ0n) is 15.4. The maximum absolute atomic E-state index is 12.4. The molecule has 4 atom stereocenters. The summed E-state index contributed by atoms with van der Waals surface area (Å²) < 4.78 is 14.3. The van der Waals surface area contributed by atoms with Crippen molar-refractivity contribution in [3.05, 3.63) is 29.8 Å². The molecular formula is C19H23INO8-. The molecule has 2 saturated carbocycles. The molecule has 9 nitrogen and oxygen atoms in total. The SMILES string of the molecule is O=C(/C=C/c1ccc(O)c(O)c1)OC1C[C@@](O)(C(=O)NC2CC2)C[C@@H](O)C1[I-]O. The van der Waals surface area contributed by atoms with Crippen LogP contribution in [-0.2, 0) is 14.3 Å². The summed E-state index contributed by atoms with van der Waals surface area (Å²) in [6.07, 6.45) is 1.49. The molecule has 0 aromatic heterocycles. The van der Waals surface area contributed by atoms with Crippen molar-refractivity contribution in [3.8, 4) is 11.5 Å². The van der Waals surface area contributed by atoms with E-state index in [4.69, 9.17) is 4.74 Å². The average Bonchev–Trinajstić information content (AvgIpc) is 3.46. The van der Waals surface area contributed by atoms with Crippen molar-refractivity contribution in [1.29, 1.82) is 0 Å². The fourth-order valence-corrected chi connectivity index (χ4v) is 4.58. The van der Waals surface area contributed by atoms with E-state index in [0.717, 1.165) is 18.9 Å². The fourth-order valence-electron chi connectivity index (χ4n) is 3.20. The number of aliphatic hydroxyl groups is 2. The molecule has 0 radical (unpaired) electrons. The Morgan fingerprint density at radius 2 is 1.93 bits per heavy atom. The van der Waals surface area contributed by atoms with Gasteiger partial charge in [0.25, 0.3) is 0 Å². The Morgan fingerprint density at radius 3 is 2.55 bits per heavy atom. The molecule has 160 valence electrons. The number of nitrogens with one attached hydrogen (secondary N) is 1. The summed E-state index contributed by atoms with van der Waals surface area (Å²) in [4.78, 5) is 24.6. The van der Waals surface area contributed by atoms with E-state index < -0.39 is 55.2 Å². The first-order valence-corrected chi connectivity index (χ1v) is 11.3. The Labute approximate surface area is 177 Å². The van der Waals surface area contributed by atoms with Crippen LogP contribution in [0.1, 0.15) is 31.2 Å². The quantitative estimate of drug-likeness (QED) is 0.0744. The number of rotatable bonds is 6. The number of carbonyl (C=O) groups excluding carboxylic acids is 2. The number of esters is 1. The molecule has 0 heterocycles. The molecule has 0 bridgehead atoms. The van der Waals surface area contributed by atoms with Gasteiger partial charge in [-0.3, -0.25) is 0 Å². The van der Waals surface area contributed by atoms with Crippen molar-refractivity contribution in [2.24, 2.45) is 0 Å². The first-order valence-electron chi connectivity index (χ1n) is 9.11. The van der Waals surface area contributed by atoms with Gasteiger partial charge in [0.15, 0.2) is 0 Å². The van der Waals surface area contributed by atoms with Gasteiger partial charge >= 0.3 is 178 Å². The third kappa shape index (κ3) is 5.38. The van der Waals surface area contributed by atoms with Gasteiger partial charge in [0.2, 0.25) is 0 Å². The molecule has 2 fully saturated rings. The Bertz CT molecular complexity index is 811. The first kappa shape index (κ1) is 21.8. The van der Waals surface area contributed by atoms with Crippen LogP contribution in [0.5, 0.6) is 11.5 Å². The van der Waals surface area contributed by atoms with Crippen molar-refractivity contribution >= 4 is 18.0 Å². The van der Waals surface area contributed by atoms with Crippen LogP contribution in [0.15, 0.2) is 24.3 Å². The Kier molecular flexibility index (Phi) is 6.66. The van der Waals surface area contributed by atoms with Gasteiger partial charge in [-0.25, -0.2) is 0 Å². The molecule has 1 aromatic carbocycles. The zero-order valence-corrected chi connectivity index (χ0v) is 17.5. The van der Waals surface area contributed by atoms with E-state index in [1.807, 2.05) is 0 Å². The summed E-state index contributed by atoms with van der Waals surface area (Å²) in [6, 6.07) is 4.03. The minimum atomic E-state index is -1.88. The van der Waals surface area contributed by atoms with Crippen LogP contribution in [0.3, 0.4) is 0 Å². The van der Waals surface area contributed by atoms with E-state index in [-0.39, 0.29) is 30.4 Å². The number of ether oxygens (including phenoxy) is 1. The molecule has 0 saturated heterocycles. The predicted molar refractivity (Wildman–Crippen MR) is 96.0 cm³/mol. The van der Waals surface area contributed by atoms with Gasteiger partial charge in [-0.2, -0.15) is 0 Å². The number of hydrogen-bond acceptors (Lipinski definition) is 8. The summed E-state index contributed by atoms with van der Waals surface area (Å²) in [5.41, 5.74) is -1.44. The third-order valence-electron chi connectivity index (χ3n) is 4.94. The number of alkyl halides is 1. The van der Waals surface area contributed by atoms with Crippen LogP contribution in [0.25, 0.3) is 6.08 Å². The average molecular weight is 520 g/mol. The Morgan fingerprint density at radius 1 is 1.21 bits per heavy atom.